The van der Waals surface area contributed by atoms with Crippen molar-refractivity contribution in [2.45, 2.75) is 18.2 Å². The Kier molecular flexibility index (Phi) is 5.80. The Bertz CT molecular complexity index is 667. The molecule has 7 heteroatoms. The number of aryl methyl sites for hydroxylation is 1. The van der Waals surface area contributed by atoms with E-state index in [0.29, 0.717) is 6.54 Å². The third-order valence-corrected chi connectivity index (χ3v) is 3.70. The van der Waals surface area contributed by atoms with Crippen molar-refractivity contribution in [1.82, 2.24) is 14.9 Å². The number of imidazole rings is 1. The minimum absolute atomic E-state index is 0.00198. The van der Waals surface area contributed by atoms with E-state index >= 15 is 0 Å². The maximum Gasteiger partial charge on any atom is 0.424 e. The van der Waals surface area contributed by atoms with Crippen molar-refractivity contribution in [3.8, 4) is 0 Å². The molecule has 2 aromatic rings. The number of hydrogen-bond acceptors (Lipinski definition) is 3. The zero-order valence-corrected chi connectivity index (χ0v) is 13.3. The summed E-state index contributed by atoms with van der Waals surface area (Å²) in [5.41, 5.74) is -1.96. The van der Waals surface area contributed by atoms with Crippen LogP contribution >= 0.6 is 0 Å². The highest BCUT2D eigenvalue weighted by molar-refractivity contribution is 5.48. The molecule has 0 saturated carbocycles. The lowest BCUT2D eigenvalue weighted by atomic mass is 9.97. The van der Waals surface area contributed by atoms with Gasteiger partial charge in [0.2, 0.25) is 5.60 Å². The van der Waals surface area contributed by atoms with Gasteiger partial charge in [-0.1, -0.05) is 42.5 Å². The van der Waals surface area contributed by atoms with Crippen LogP contribution in [-0.2, 0) is 12.6 Å². The topological polar surface area (TPSA) is 50.1 Å². The smallest absolute Gasteiger partial charge is 0.374 e. The Morgan fingerprint density at radius 3 is 2.54 bits per heavy atom. The van der Waals surface area contributed by atoms with Crippen LogP contribution < -0.4 is 5.32 Å². The Balaban J connectivity index is 1.90. The molecule has 4 nitrogen and oxygen atoms in total. The van der Waals surface area contributed by atoms with Crippen molar-refractivity contribution in [1.29, 1.82) is 0 Å². The molecule has 130 valence electrons. The average Bonchev–Trinajstić information content (AvgIpc) is 2.97. The summed E-state index contributed by atoms with van der Waals surface area (Å²) in [5.74, 6) is -0.406. The van der Waals surface area contributed by atoms with Gasteiger partial charge in [0, 0.05) is 32.4 Å². The Morgan fingerprint density at radius 1 is 1.25 bits per heavy atom. The maximum atomic E-state index is 13.3. The second-order valence-corrected chi connectivity index (χ2v) is 5.49. The molecule has 1 atom stereocenters. The number of benzene rings is 1. The normalized spacial score (nSPS) is 14.9. The monoisotopic (exact) mass is 339 g/mol. The molecule has 1 aromatic heterocycles. The highest BCUT2D eigenvalue weighted by Crippen LogP contribution is 2.40. The van der Waals surface area contributed by atoms with Gasteiger partial charge in [0.25, 0.3) is 0 Å². The molecule has 0 aliphatic carbocycles. The highest BCUT2D eigenvalue weighted by Gasteiger charge is 2.56. The zero-order valence-electron chi connectivity index (χ0n) is 13.3. The number of alkyl halides is 3. The molecular formula is C17H20F3N3O. The Labute approximate surface area is 138 Å². The lowest BCUT2D eigenvalue weighted by Gasteiger charge is -2.29. The fraction of sp³-hybridized carbons (Fsp3) is 0.353. The zero-order chi connectivity index (χ0) is 17.6. The van der Waals surface area contributed by atoms with Gasteiger partial charge in [-0.05, 0) is 12.1 Å². The molecular weight excluding hydrogens is 319 g/mol. The minimum atomic E-state index is -4.80. The first-order chi connectivity index (χ1) is 11.3. The van der Waals surface area contributed by atoms with Crippen LogP contribution in [0.1, 0.15) is 17.8 Å². The van der Waals surface area contributed by atoms with Crippen LogP contribution in [-0.4, -0.2) is 33.9 Å². The van der Waals surface area contributed by atoms with E-state index < -0.39 is 24.0 Å². The van der Waals surface area contributed by atoms with E-state index in [1.54, 1.807) is 0 Å². The van der Waals surface area contributed by atoms with Gasteiger partial charge < -0.3 is 15.0 Å². The largest absolute Gasteiger partial charge is 0.424 e. The van der Waals surface area contributed by atoms with Crippen molar-refractivity contribution >= 4 is 6.08 Å². The summed E-state index contributed by atoms with van der Waals surface area (Å²) in [6.45, 7) is 0.408. The van der Waals surface area contributed by atoms with Gasteiger partial charge >= 0.3 is 6.18 Å². The van der Waals surface area contributed by atoms with Crippen LogP contribution in [0.2, 0.25) is 0 Å². The quantitative estimate of drug-likeness (QED) is 0.763. The van der Waals surface area contributed by atoms with Crippen molar-refractivity contribution in [3.63, 3.8) is 0 Å². The van der Waals surface area contributed by atoms with Crippen LogP contribution in [0.15, 0.2) is 48.8 Å². The first kappa shape index (κ1) is 18.2. The van der Waals surface area contributed by atoms with Gasteiger partial charge in [-0.2, -0.15) is 13.2 Å². The Hall–Kier alpha value is -2.12. The van der Waals surface area contributed by atoms with E-state index in [1.165, 1.54) is 24.0 Å². The third kappa shape index (κ3) is 4.24. The number of aromatic nitrogens is 2. The molecule has 0 aliphatic rings. The number of nitrogens with one attached hydrogen (secondary N) is 1. The van der Waals surface area contributed by atoms with Crippen molar-refractivity contribution in [2.75, 3.05) is 13.1 Å². The maximum absolute atomic E-state index is 13.3. The van der Waals surface area contributed by atoms with Gasteiger partial charge in [0.05, 0.1) is 0 Å². The fourth-order valence-electron chi connectivity index (χ4n) is 2.36. The van der Waals surface area contributed by atoms with Gasteiger partial charge in [0.15, 0.2) is 0 Å². The third-order valence-electron chi connectivity index (χ3n) is 3.70. The standard InChI is InChI=1S/C17H20F3N3O/c1-23-13-12-22-15(23)16(24,17(18,19)20)9-11-21-10-5-8-14-6-3-2-4-7-14/h2-8,12-13,21,24H,9-11H2,1H3/b8-5+. The summed E-state index contributed by atoms with van der Waals surface area (Å²) in [6, 6.07) is 9.58. The van der Waals surface area contributed by atoms with E-state index in [2.05, 4.69) is 10.3 Å². The molecule has 0 bridgehead atoms. The van der Waals surface area contributed by atoms with Crippen LogP contribution in [0.5, 0.6) is 0 Å². The average molecular weight is 339 g/mol. The number of hydrogen-bond donors (Lipinski definition) is 2. The summed E-state index contributed by atoms with van der Waals surface area (Å²) in [6.07, 6.45) is 1.00. The molecule has 0 radical (unpaired) electrons. The first-order valence-electron chi connectivity index (χ1n) is 7.54. The number of halogens is 3. The van der Waals surface area contributed by atoms with Gasteiger partial charge in [-0.15, -0.1) is 0 Å². The minimum Gasteiger partial charge on any atom is -0.374 e. The molecule has 2 N–H and O–H groups in total. The molecule has 1 aromatic carbocycles. The van der Waals surface area contributed by atoms with Crippen LogP contribution in [0.25, 0.3) is 6.08 Å². The summed E-state index contributed by atoms with van der Waals surface area (Å²) in [5, 5.41) is 13.0. The molecule has 1 unspecified atom stereocenters. The molecule has 0 spiro atoms. The van der Waals surface area contributed by atoms with E-state index in [0.717, 1.165) is 5.56 Å². The SMILES string of the molecule is Cn1ccnc1C(O)(CCNC/C=C/c1ccccc1)C(F)(F)F. The summed E-state index contributed by atoms with van der Waals surface area (Å²) in [4.78, 5) is 3.66. The van der Waals surface area contributed by atoms with Crippen molar-refractivity contribution in [3.05, 3.63) is 60.2 Å². The fourth-order valence-corrected chi connectivity index (χ4v) is 2.36. The van der Waals surface area contributed by atoms with E-state index in [1.807, 2.05) is 42.5 Å². The number of rotatable bonds is 7. The van der Waals surface area contributed by atoms with E-state index in [9.17, 15) is 18.3 Å². The molecule has 0 amide bonds. The highest BCUT2D eigenvalue weighted by atomic mass is 19.4. The lowest BCUT2D eigenvalue weighted by Crippen LogP contribution is -2.46. The van der Waals surface area contributed by atoms with Crippen LogP contribution in [0.3, 0.4) is 0 Å². The van der Waals surface area contributed by atoms with E-state index in [4.69, 9.17) is 0 Å². The first-order valence-corrected chi connectivity index (χ1v) is 7.54. The van der Waals surface area contributed by atoms with Crippen LogP contribution in [0.4, 0.5) is 13.2 Å². The second-order valence-electron chi connectivity index (χ2n) is 5.49. The van der Waals surface area contributed by atoms with Gasteiger partial charge in [0.1, 0.15) is 5.82 Å². The predicted molar refractivity (Wildman–Crippen MR) is 86.1 cm³/mol. The van der Waals surface area contributed by atoms with Crippen LogP contribution in [0, 0.1) is 0 Å². The number of nitrogens with zero attached hydrogens (tertiary/aromatic N) is 2. The molecule has 0 saturated heterocycles. The molecule has 1 heterocycles. The summed E-state index contributed by atoms with van der Waals surface area (Å²) in [7, 11) is 1.43. The Morgan fingerprint density at radius 2 is 1.96 bits per heavy atom. The lowest BCUT2D eigenvalue weighted by molar-refractivity contribution is -0.272. The predicted octanol–water partition coefficient (Wildman–Crippen LogP) is 2.86. The summed E-state index contributed by atoms with van der Waals surface area (Å²) >= 11 is 0. The molecule has 24 heavy (non-hydrogen) atoms. The van der Waals surface area contributed by atoms with Gasteiger partial charge in [-0.25, -0.2) is 4.98 Å². The number of aliphatic hydroxyl groups is 1. The summed E-state index contributed by atoms with van der Waals surface area (Å²) < 4.78 is 41.1. The molecule has 2 rings (SSSR count). The van der Waals surface area contributed by atoms with E-state index in [-0.39, 0.29) is 6.54 Å². The van der Waals surface area contributed by atoms with Gasteiger partial charge in [-0.3, -0.25) is 0 Å². The molecule has 0 fully saturated rings. The second kappa shape index (κ2) is 7.63. The van der Waals surface area contributed by atoms with Crippen molar-refractivity contribution < 1.29 is 18.3 Å². The molecule has 0 aliphatic heterocycles. The van der Waals surface area contributed by atoms with Crippen molar-refractivity contribution in [2.24, 2.45) is 7.05 Å².